The van der Waals surface area contributed by atoms with Crippen LogP contribution in [0.1, 0.15) is 30.1 Å². The molecule has 0 aromatic heterocycles. The molecule has 0 aliphatic carbocycles. The molecule has 98 valence electrons. The van der Waals surface area contributed by atoms with Crippen LogP contribution in [0, 0.1) is 5.82 Å². The summed E-state index contributed by atoms with van der Waals surface area (Å²) in [6.07, 6.45) is 2.04. The average Bonchev–Trinajstić information content (AvgIpc) is 2.86. The Kier molecular flexibility index (Phi) is 4.35. The van der Waals surface area contributed by atoms with Crippen molar-refractivity contribution in [2.24, 2.45) is 0 Å². The van der Waals surface area contributed by atoms with Gasteiger partial charge in [-0.15, -0.1) is 0 Å². The maximum Gasteiger partial charge on any atom is 0.251 e. The van der Waals surface area contributed by atoms with Gasteiger partial charge in [-0.1, -0.05) is 0 Å². The Morgan fingerprint density at radius 2 is 2.39 bits per heavy atom. The van der Waals surface area contributed by atoms with Crippen LogP contribution < -0.4 is 5.32 Å². The SMILES string of the molecule is CC(NC(=O)c1ccc(Br)c(F)c1)C1CCCO1. The average molecular weight is 316 g/mol. The first kappa shape index (κ1) is 13.5. The van der Waals surface area contributed by atoms with E-state index < -0.39 is 5.82 Å². The molecule has 0 saturated carbocycles. The molecular formula is C13H15BrFNO2. The molecule has 18 heavy (non-hydrogen) atoms. The number of benzene rings is 1. The molecule has 1 aromatic carbocycles. The van der Waals surface area contributed by atoms with Crippen molar-refractivity contribution in [3.8, 4) is 0 Å². The Bertz CT molecular complexity index is 447. The van der Waals surface area contributed by atoms with Crippen LogP contribution in [0.25, 0.3) is 0 Å². The smallest absolute Gasteiger partial charge is 0.251 e. The zero-order valence-electron chi connectivity index (χ0n) is 10.1. The summed E-state index contributed by atoms with van der Waals surface area (Å²) in [7, 11) is 0. The fraction of sp³-hybridized carbons (Fsp3) is 0.462. The summed E-state index contributed by atoms with van der Waals surface area (Å²) in [5.74, 6) is -0.711. The van der Waals surface area contributed by atoms with Crippen LogP contribution in [-0.2, 0) is 4.74 Å². The zero-order chi connectivity index (χ0) is 13.1. The lowest BCUT2D eigenvalue weighted by atomic mass is 10.1. The van der Waals surface area contributed by atoms with E-state index >= 15 is 0 Å². The van der Waals surface area contributed by atoms with Crippen LogP contribution in [0.15, 0.2) is 22.7 Å². The van der Waals surface area contributed by atoms with Gasteiger partial charge < -0.3 is 10.1 Å². The summed E-state index contributed by atoms with van der Waals surface area (Å²) in [5, 5.41) is 2.84. The van der Waals surface area contributed by atoms with Gasteiger partial charge in [-0.25, -0.2) is 4.39 Å². The number of carbonyl (C=O) groups is 1. The first-order valence-electron chi connectivity index (χ1n) is 5.95. The maximum absolute atomic E-state index is 13.3. The van der Waals surface area contributed by atoms with Gasteiger partial charge in [0.2, 0.25) is 0 Å². The molecule has 2 rings (SSSR count). The largest absolute Gasteiger partial charge is 0.376 e. The Labute approximate surface area is 114 Å². The number of hydrogen-bond donors (Lipinski definition) is 1. The van der Waals surface area contributed by atoms with Crippen LogP contribution in [-0.4, -0.2) is 24.7 Å². The van der Waals surface area contributed by atoms with E-state index in [-0.39, 0.29) is 18.1 Å². The zero-order valence-corrected chi connectivity index (χ0v) is 11.7. The van der Waals surface area contributed by atoms with Crippen molar-refractivity contribution in [1.82, 2.24) is 5.32 Å². The second-order valence-corrected chi connectivity index (χ2v) is 5.30. The van der Waals surface area contributed by atoms with Gasteiger partial charge in [0.1, 0.15) is 5.82 Å². The highest BCUT2D eigenvalue weighted by Crippen LogP contribution is 2.18. The molecule has 1 heterocycles. The molecule has 1 saturated heterocycles. The molecule has 3 nitrogen and oxygen atoms in total. The number of carbonyl (C=O) groups excluding carboxylic acids is 1. The number of rotatable bonds is 3. The lowest BCUT2D eigenvalue weighted by Gasteiger charge is -2.20. The van der Waals surface area contributed by atoms with Crippen LogP contribution in [0.2, 0.25) is 0 Å². The van der Waals surface area contributed by atoms with Crippen LogP contribution >= 0.6 is 15.9 Å². The van der Waals surface area contributed by atoms with Crippen LogP contribution in [0.5, 0.6) is 0 Å². The molecule has 2 atom stereocenters. The third-order valence-electron chi connectivity index (χ3n) is 3.06. The van der Waals surface area contributed by atoms with Gasteiger partial charge in [0.15, 0.2) is 0 Å². The standard InChI is InChI=1S/C13H15BrFNO2/c1-8(12-3-2-6-18-12)16-13(17)9-4-5-10(14)11(15)7-9/h4-5,7-8,12H,2-3,6H2,1H3,(H,16,17). The molecule has 1 aliphatic rings. The van der Waals surface area contributed by atoms with Crippen molar-refractivity contribution >= 4 is 21.8 Å². The van der Waals surface area contributed by atoms with Gasteiger partial charge in [-0.3, -0.25) is 4.79 Å². The summed E-state index contributed by atoms with van der Waals surface area (Å²) >= 11 is 3.06. The van der Waals surface area contributed by atoms with Gasteiger partial charge in [-0.05, 0) is 53.9 Å². The molecule has 1 aromatic rings. The monoisotopic (exact) mass is 315 g/mol. The summed E-state index contributed by atoms with van der Waals surface area (Å²) in [5.41, 5.74) is 0.320. The second-order valence-electron chi connectivity index (χ2n) is 4.44. The van der Waals surface area contributed by atoms with E-state index in [2.05, 4.69) is 21.2 Å². The highest BCUT2D eigenvalue weighted by atomic mass is 79.9. The normalized spacial score (nSPS) is 20.7. The minimum Gasteiger partial charge on any atom is -0.376 e. The van der Waals surface area contributed by atoms with Crippen molar-refractivity contribution in [3.63, 3.8) is 0 Å². The summed E-state index contributed by atoms with van der Waals surface area (Å²) < 4.78 is 19.2. The third-order valence-corrected chi connectivity index (χ3v) is 3.71. The molecule has 0 bridgehead atoms. The minimum absolute atomic E-state index is 0.0632. The third kappa shape index (κ3) is 3.09. The van der Waals surface area contributed by atoms with E-state index in [1.165, 1.54) is 12.1 Å². The van der Waals surface area contributed by atoms with Crippen LogP contribution in [0.3, 0.4) is 0 Å². The number of hydrogen-bond acceptors (Lipinski definition) is 2. The van der Waals surface area contributed by atoms with E-state index in [4.69, 9.17) is 4.74 Å². The molecular weight excluding hydrogens is 301 g/mol. The van der Waals surface area contributed by atoms with Gasteiger partial charge >= 0.3 is 0 Å². The lowest BCUT2D eigenvalue weighted by Crippen LogP contribution is -2.40. The van der Waals surface area contributed by atoms with Crippen LogP contribution in [0.4, 0.5) is 4.39 Å². The molecule has 1 amide bonds. The molecule has 5 heteroatoms. The van der Waals surface area contributed by atoms with Gasteiger partial charge in [0, 0.05) is 12.2 Å². The van der Waals surface area contributed by atoms with Crippen molar-refractivity contribution in [2.45, 2.75) is 31.9 Å². The number of ether oxygens (including phenoxy) is 1. The molecule has 2 unspecified atom stereocenters. The molecule has 1 aliphatic heterocycles. The quantitative estimate of drug-likeness (QED) is 0.931. The Balaban J connectivity index is 2.00. The van der Waals surface area contributed by atoms with E-state index in [1.54, 1.807) is 6.07 Å². The number of amides is 1. The lowest BCUT2D eigenvalue weighted by molar-refractivity contribution is 0.0712. The molecule has 1 fully saturated rings. The van der Waals surface area contributed by atoms with E-state index in [1.807, 2.05) is 6.92 Å². The fourth-order valence-electron chi connectivity index (χ4n) is 2.02. The second kappa shape index (κ2) is 5.80. The number of halogens is 2. The van der Waals surface area contributed by atoms with E-state index in [9.17, 15) is 9.18 Å². The van der Waals surface area contributed by atoms with Gasteiger partial charge in [-0.2, -0.15) is 0 Å². The topological polar surface area (TPSA) is 38.3 Å². The first-order chi connectivity index (χ1) is 8.58. The summed E-state index contributed by atoms with van der Waals surface area (Å²) in [6.45, 7) is 2.65. The fourth-order valence-corrected chi connectivity index (χ4v) is 2.26. The summed E-state index contributed by atoms with van der Waals surface area (Å²) in [6, 6.07) is 4.28. The predicted molar refractivity (Wildman–Crippen MR) is 70.0 cm³/mol. The molecule has 1 N–H and O–H groups in total. The van der Waals surface area contributed by atoms with Crippen molar-refractivity contribution in [1.29, 1.82) is 0 Å². The molecule has 0 spiro atoms. The van der Waals surface area contributed by atoms with Crippen molar-refractivity contribution in [3.05, 3.63) is 34.1 Å². The predicted octanol–water partition coefficient (Wildman–Crippen LogP) is 2.89. The Morgan fingerprint density at radius 3 is 3.00 bits per heavy atom. The molecule has 0 radical (unpaired) electrons. The Morgan fingerprint density at radius 1 is 1.61 bits per heavy atom. The van der Waals surface area contributed by atoms with E-state index in [0.29, 0.717) is 10.0 Å². The summed E-state index contributed by atoms with van der Waals surface area (Å²) in [4.78, 5) is 11.9. The van der Waals surface area contributed by atoms with Gasteiger partial charge in [0.05, 0.1) is 16.6 Å². The highest BCUT2D eigenvalue weighted by Gasteiger charge is 2.24. The highest BCUT2D eigenvalue weighted by molar-refractivity contribution is 9.10. The number of nitrogens with one attached hydrogen (secondary N) is 1. The van der Waals surface area contributed by atoms with Crippen molar-refractivity contribution < 1.29 is 13.9 Å². The Hall–Kier alpha value is -0.940. The first-order valence-corrected chi connectivity index (χ1v) is 6.75. The minimum atomic E-state index is -0.438. The maximum atomic E-state index is 13.3. The van der Waals surface area contributed by atoms with Crippen molar-refractivity contribution in [2.75, 3.05) is 6.61 Å². The van der Waals surface area contributed by atoms with E-state index in [0.717, 1.165) is 19.4 Å². The van der Waals surface area contributed by atoms with Gasteiger partial charge in [0.25, 0.3) is 5.91 Å².